The van der Waals surface area contributed by atoms with Crippen molar-refractivity contribution in [1.82, 2.24) is 19.9 Å². The van der Waals surface area contributed by atoms with Crippen molar-refractivity contribution in [2.75, 3.05) is 18.8 Å². The number of rotatable bonds is 3. The largest absolute Gasteiger partial charge is 0.398 e. The zero-order valence-electron chi connectivity index (χ0n) is 20.1. The molecule has 5 rings (SSSR count). The van der Waals surface area contributed by atoms with Gasteiger partial charge in [0.15, 0.2) is 5.65 Å². The van der Waals surface area contributed by atoms with Gasteiger partial charge in [0.1, 0.15) is 4.90 Å². The smallest absolute Gasteiger partial charge is 0.310 e. The number of aliphatic hydroxyl groups excluding tert-OH is 1. The molecule has 0 bridgehead atoms. The van der Waals surface area contributed by atoms with Gasteiger partial charge in [-0.3, -0.25) is 4.79 Å². The fourth-order valence-electron chi connectivity index (χ4n) is 4.83. The molecule has 2 aliphatic rings. The minimum absolute atomic E-state index is 0.0359. The Morgan fingerprint density at radius 1 is 1.00 bits per heavy atom. The standard InChI is InChI=1S/C18H18F5N5OS.C6H12O/c19-30(20,21,22,23)12-1-2-14(15(24)9-12)18(29)28-7-4-11(5-8-28)13-3-6-25-17-16(13)26-10-27-17;7-6-4-2-1-3-5-6/h1-3,6,9-11H,4-5,7-8,24H2,(H,25,26,27);6-7H,1-5H2. The fraction of sp³-hybridized carbons (Fsp3) is 0.458. The molecular formula is C24H30F5N5O2S. The summed E-state index contributed by atoms with van der Waals surface area (Å²) in [6.07, 6.45) is 10.4. The van der Waals surface area contributed by atoms with E-state index >= 15 is 0 Å². The van der Waals surface area contributed by atoms with Crippen LogP contribution in [0.15, 0.2) is 41.7 Å². The predicted octanol–water partition coefficient (Wildman–Crippen LogP) is 6.53. The highest BCUT2D eigenvalue weighted by Crippen LogP contribution is 3.02. The minimum atomic E-state index is -9.86. The Bertz CT molecular complexity index is 1270. The Hall–Kier alpha value is -2.93. The van der Waals surface area contributed by atoms with Crippen molar-refractivity contribution in [3.63, 3.8) is 0 Å². The normalized spacial score (nSPS) is 19.6. The van der Waals surface area contributed by atoms with Crippen LogP contribution in [0.25, 0.3) is 11.2 Å². The van der Waals surface area contributed by atoms with Gasteiger partial charge in [-0.25, -0.2) is 9.97 Å². The number of anilines is 1. The third-order valence-electron chi connectivity index (χ3n) is 6.85. The summed E-state index contributed by atoms with van der Waals surface area (Å²) >= 11 is 0. The van der Waals surface area contributed by atoms with Crippen LogP contribution in [0.2, 0.25) is 0 Å². The summed E-state index contributed by atoms with van der Waals surface area (Å²) in [5.41, 5.74) is 7.15. The monoisotopic (exact) mass is 547 g/mol. The Balaban J connectivity index is 0.000000396. The zero-order chi connectivity index (χ0) is 26.9. The summed E-state index contributed by atoms with van der Waals surface area (Å²) < 4.78 is 64.7. The lowest BCUT2D eigenvalue weighted by molar-refractivity contribution is 0.0714. The van der Waals surface area contributed by atoms with Crippen LogP contribution in [-0.2, 0) is 0 Å². The molecule has 0 spiro atoms. The van der Waals surface area contributed by atoms with Crippen molar-refractivity contribution < 1.29 is 29.3 Å². The second kappa shape index (κ2) is 9.43. The van der Waals surface area contributed by atoms with Crippen LogP contribution >= 0.6 is 10.2 Å². The van der Waals surface area contributed by atoms with Gasteiger partial charge in [-0.1, -0.05) is 38.7 Å². The number of carbonyl (C=O) groups is 1. The summed E-state index contributed by atoms with van der Waals surface area (Å²) in [5, 5.41) is 8.91. The number of aromatic amines is 1. The summed E-state index contributed by atoms with van der Waals surface area (Å²) in [6, 6.07) is 2.95. The number of nitrogens with two attached hydrogens (primary N) is 1. The molecule has 2 aromatic heterocycles. The second-order valence-electron chi connectivity index (χ2n) is 9.58. The molecule has 1 aliphatic heterocycles. The van der Waals surface area contributed by atoms with E-state index in [2.05, 4.69) is 15.0 Å². The zero-order valence-corrected chi connectivity index (χ0v) is 20.9. The summed E-state index contributed by atoms with van der Waals surface area (Å²) in [5.74, 6) is -0.436. The van der Waals surface area contributed by atoms with Crippen molar-refractivity contribution in [3.8, 4) is 0 Å². The number of fused-ring (bicyclic) bond motifs is 1. The lowest BCUT2D eigenvalue weighted by Crippen LogP contribution is -2.38. The number of imidazole rings is 1. The number of piperidine rings is 1. The average molecular weight is 548 g/mol. The molecule has 1 aromatic carbocycles. The number of pyridine rings is 1. The third-order valence-corrected chi connectivity index (χ3v) is 8.00. The lowest BCUT2D eigenvalue weighted by Gasteiger charge is -2.40. The first-order valence-corrected chi connectivity index (χ1v) is 14.1. The first-order chi connectivity index (χ1) is 17.2. The number of hydrogen-bond donors (Lipinski definition) is 3. The van der Waals surface area contributed by atoms with E-state index in [1.54, 1.807) is 12.5 Å². The number of carbonyl (C=O) groups excluding carboxylic acids is 1. The Morgan fingerprint density at radius 3 is 2.24 bits per heavy atom. The van der Waals surface area contributed by atoms with Gasteiger partial charge in [0.25, 0.3) is 5.91 Å². The SMILES string of the molecule is Nc1cc(S(F)(F)(F)(F)F)ccc1C(=O)N1CCC(c2ccnc3nc[nH]c23)CC1.OC1CCCCC1. The Kier molecular flexibility index (Phi) is 6.91. The van der Waals surface area contributed by atoms with Crippen molar-refractivity contribution in [2.45, 2.75) is 61.9 Å². The number of nitrogens with one attached hydrogen (secondary N) is 1. The number of aromatic nitrogens is 3. The second-order valence-corrected chi connectivity index (χ2v) is 12.0. The van der Waals surface area contributed by atoms with Gasteiger partial charge >= 0.3 is 10.2 Å². The molecule has 204 valence electrons. The van der Waals surface area contributed by atoms with E-state index in [-0.39, 0.29) is 29.7 Å². The Morgan fingerprint density at radius 2 is 1.68 bits per heavy atom. The molecule has 4 N–H and O–H groups in total. The van der Waals surface area contributed by atoms with E-state index < -0.39 is 26.7 Å². The number of likely N-dealkylation sites (tertiary alicyclic amines) is 1. The maximum absolute atomic E-state index is 12.9. The summed E-state index contributed by atoms with van der Waals surface area (Å²) in [6.45, 7) is 0.703. The van der Waals surface area contributed by atoms with Crippen molar-refractivity contribution in [3.05, 3.63) is 47.9 Å². The average Bonchev–Trinajstić information content (AvgIpc) is 3.32. The highest BCUT2D eigenvalue weighted by molar-refractivity contribution is 8.45. The third kappa shape index (κ3) is 6.50. The fourth-order valence-corrected chi connectivity index (χ4v) is 5.50. The molecule has 0 unspecified atom stereocenters. The van der Waals surface area contributed by atoms with Crippen molar-refractivity contribution >= 4 is 33.0 Å². The molecule has 7 nitrogen and oxygen atoms in total. The first kappa shape index (κ1) is 27.1. The molecule has 1 aliphatic carbocycles. The van der Waals surface area contributed by atoms with Crippen LogP contribution in [0.1, 0.15) is 66.8 Å². The number of H-pyrrole nitrogens is 1. The van der Waals surface area contributed by atoms with Gasteiger partial charge in [0, 0.05) is 25.0 Å². The number of halogens is 5. The molecule has 1 saturated carbocycles. The van der Waals surface area contributed by atoms with Crippen molar-refractivity contribution in [1.29, 1.82) is 0 Å². The maximum atomic E-state index is 12.9. The maximum Gasteiger partial charge on any atom is 0.310 e. The predicted molar refractivity (Wildman–Crippen MR) is 133 cm³/mol. The highest BCUT2D eigenvalue weighted by atomic mass is 32.5. The number of hydrogen-bond acceptors (Lipinski definition) is 5. The van der Waals surface area contributed by atoms with Crippen LogP contribution in [0.4, 0.5) is 25.1 Å². The molecular weight excluding hydrogens is 517 g/mol. The molecule has 3 aromatic rings. The molecule has 2 fully saturated rings. The van der Waals surface area contributed by atoms with E-state index in [0.29, 0.717) is 37.6 Å². The summed E-state index contributed by atoms with van der Waals surface area (Å²) in [4.78, 5) is 23.4. The van der Waals surface area contributed by atoms with Gasteiger partial charge in [-0.2, -0.15) is 0 Å². The molecule has 37 heavy (non-hydrogen) atoms. The number of aliphatic hydroxyl groups is 1. The van der Waals surface area contributed by atoms with Gasteiger partial charge < -0.3 is 20.7 Å². The molecule has 0 radical (unpaired) electrons. The number of nitrogen functional groups attached to an aromatic ring is 1. The van der Waals surface area contributed by atoms with E-state index in [4.69, 9.17) is 10.8 Å². The van der Waals surface area contributed by atoms with E-state index in [1.807, 2.05) is 6.07 Å². The minimum Gasteiger partial charge on any atom is -0.398 e. The Labute approximate surface area is 211 Å². The molecule has 3 heterocycles. The van der Waals surface area contributed by atoms with Gasteiger partial charge in [-0.05, 0) is 61.4 Å². The first-order valence-electron chi connectivity index (χ1n) is 12.1. The topological polar surface area (TPSA) is 108 Å². The van der Waals surface area contributed by atoms with Gasteiger partial charge in [0.05, 0.1) is 23.5 Å². The van der Waals surface area contributed by atoms with Crippen LogP contribution in [0, 0.1) is 0 Å². The molecule has 1 amide bonds. The molecule has 1 saturated heterocycles. The molecule has 13 heteroatoms. The summed E-state index contributed by atoms with van der Waals surface area (Å²) in [7, 11) is -9.86. The highest BCUT2D eigenvalue weighted by Gasteiger charge is 2.65. The van der Waals surface area contributed by atoms with Crippen LogP contribution in [0.3, 0.4) is 0 Å². The van der Waals surface area contributed by atoms with Crippen LogP contribution in [-0.4, -0.2) is 50.1 Å². The van der Waals surface area contributed by atoms with E-state index in [9.17, 15) is 24.2 Å². The molecule has 0 atom stereocenters. The van der Waals surface area contributed by atoms with Gasteiger partial charge in [-0.15, -0.1) is 0 Å². The van der Waals surface area contributed by atoms with E-state index in [0.717, 1.165) is 23.9 Å². The quantitative estimate of drug-likeness (QED) is 0.255. The van der Waals surface area contributed by atoms with E-state index in [1.165, 1.54) is 24.2 Å². The van der Waals surface area contributed by atoms with Gasteiger partial charge in [0.2, 0.25) is 0 Å². The van der Waals surface area contributed by atoms with Crippen LogP contribution in [0.5, 0.6) is 0 Å². The number of amides is 1. The van der Waals surface area contributed by atoms with Crippen molar-refractivity contribution in [2.24, 2.45) is 0 Å². The number of nitrogens with zero attached hydrogens (tertiary/aromatic N) is 3. The number of benzene rings is 1. The van der Waals surface area contributed by atoms with Crippen LogP contribution < -0.4 is 5.73 Å². The lowest BCUT2D eigenvalue weighted by atomic mass is 9.89.